The molecule has 0 N–H and O–H groups in total. The molecule has 0 radical (unpaired) electrons. The zero-order valence-electron chi connectivity index (χ0n) is 7.72. The van der Waals surface area contributed by atoms with E-state index in [2.05, 4.69) is 4.98 Å². The van der Waals surface area contributed by atoms with Gasteiger partial charge in [-0.25, -0.2) is 4.98 Å². The molecule has 16 heavy (non-hydrogen) atoms. The fourth-order valence-electron chi connectivity index (χ4n) is 1.22. The number of hydrogen-bond donors (Lipinski definition) is 0. The third kappa shape index (κ3) is 2.23. The SMILES string of the molecule is O=S(=O)(F)c1sc(Cl)nc1-c1ccccc1. The molecule has 1 aromatic carbocycles. The molecule has 7 heteroatoms. The van der Waals surface area contributed by atoms with Gasteiger partial charge in [0.1, 0.15) is 5.69 Å². The molecule has 3 nitrogen and oxygen atoms in total. The van der Waals surface area contributed by atoms with Crippen LogP contribution < -0.4 is 0 Å². The van der Waals surface area contributed by atoms with Crippen molar-refractivity contribution in [3.63, 3.8) is 0 Å². The van der Waals surface area contributed by atoms with E-state index in [4.69, 9.17) is 11.6 Å². The number of thiazole rings is 1. The van der Waals surface area contributed by atoms with Gasteiger partial charge in [-0.1, -0.05) is 57.2 Å². The van der Waals surface area contributed by atoms with Crippen LogP contribution in [0.2, 0.25) is 4.47 Å². The Morgan fingerprint density at radius 1 is 1.25 bits per heavy atom. The molecule has 84 valence electrons. The van der Waals surface area contributed by atoms with E-state index >= 15 is 0 Å². The van der Waals surface area contributed by atoms with Crippen LogP contribution in [-0.4, -0.2) is 13.4 Å². The average Bonchev–Trinajstić information content (AvgIpc) is 2.61. The summed E-state index contributed by atoms with van der Waals surface area (Å²) in [4.78, 5) is 3.81. The third-order valence-electron chi connectivity index (χ3n) is 1.84. The van der Waals surface area contributed by atoms with Gasteiger partial charge in [0.15, 0.2) is 8.68 Å². The van der Waals surface area contributed by atoms with E-state index in [1.54, 1.807) is 30.3 Å². The molecule has 2 rings (SSSR count). The van der Waals surface area contributed by atoms with Gasteiger partial charge in [0.05, 0.1) is 0 Å². The molecule has 0 aliphatic rings. The summed E-state index contributed by atoms with van der Waals surface area (Å²) in [6.45, 7) is 0. The first kappa shape index (κ1) is 11.5. The lowest BCUT2D eigenvalue weighted by Gasteiger charge is -1.97. The normalized spacial score (nSPS) is 11.6. The van der Waals surface area contributed by atoms with Crippen LogP contribution in [0.25, 0.3) is 11.3 Å². The molecule has 0 amide bonds. The molecule has 0 spiro atoms. The zero-order chi connectivity index (χ0) is 11.8. The maximum Gasteiger partial charge on any atom is 0.343 e. The molecule has 2 aromatic rings. The van der Waals surface area contributed by atoms with Crippen molar-refractivity contribution in [2.45, 2.75) is 4.21 Å². The third-order valence-corrected chi connectivity index (χ3v) is 4.28. The quantitative estimate of drug-likeness (QED) is 0.793. The van der Waals surface area contributed by atoms with Crippen molar-refractivity contribution in [2.75, 3.05) is 0 Å². The molecule has 1 aromatic heterocycles. The Morgan fingerprint density at radius 3 is 2.44 bits per heavy atom. The first-order valence-corrected chi connectivity index (χ1v) is 6.72. The summed E-state index contributed by atoms with van der Waals surface area (Å²) in [5, 5.41) is 0. The number of rotatable bonds is 2. The number of hydrogen-bond acceptors (Lipinski definition) is 4. The molecular weight excluding hydrogens is 273 g/mol. The Bertz CT molecular complexity index is 610. The Balaban J connectivity index is 2.67. The van der Waals surface area contributed by atoms with E-state index < -0.39 is 14.4 Å². The first-order valence-electron chi connectivity index (χ1n) is 4.15. The maximum atomic E-state index is 13.0. The lowest BCUT2D eigenvalue weighted by atomic mass is 10.2. The van der Waals surface area contributed by atoms with Gasteiger partial charge in [0.2, 0.25) is 0 Å². The standard InChI is InChI=1S/C9H5ClFNO2S2/c10-9-12-7(6-4-2-1-3-5-6)8(15-9)16(11,13)14/h1-5H. The van der Waals surface area contributed by atoms with Crippen LogP contribution in [0.4, 0.5) is 3.89 Å². The van der Waals surface area contributed by atoms with Gasteiger partial charge in [0, 0.05) is 5.56 Å². The number of nitrogens with zero attached hydrogens (tertiary/aromatic N) is 1. The molecule has 0 saturated carbocycles. The van der Waals surface area contributed by atoms with Gasteiger partial charge < -0.3 is 0 Å². The molecule has 0 atom stereocenters. The minimum atomic E-state index is -4.79. The summed E-state index contributed by atoms with van der Waals surface area (Å²) < 4.78 is 34.3. The van der Waals surface area contributed by atoms with E-state index in [9.17, 15) is 12.3 Å². The van der Waals surface area contributed by atoms with E-state index in [-0.39, 0.29) is 10.2 Å². The van der Waals surface area contributed by atoms with Crippen molar-refractivity contribution >= 4 is 33.2 Å². The Morgan fingerprint density at radius 2 is 1.88 bits per heavy atom. The monoisotopic (exact) mass is 277 g/mol. The van der Waals surface area contributed by atoms with Gasteiger partial charge in [-0.05, 0) is 0 Å². The molecule has 1 heterocycles. The molecular formula is C9H5ClFNO2S2. The minimum Gasteiger partial charge on any atom is -0.223 e. The van der Waals surface area contributed by atoms with Crippen LogP contribution >= 0.6 is 22.9 Å². The highest BCUT2D eigenvalue weighted by atomic mass is 35.5. The smallest absolute Gasteiger partial charge is 0.223 e. The highest BCUT2D eigenvalue weighted by molar-refractivity contribution is 7.88. The second-order valence-corrected chi connectivity index (χ2v) is 6.03. The Kier molecular flexibility index (Phi) is 2.96. The fourth-order valence-corrected chi connectivity index (χ4v) is 3.26. The number of halogens is 2. The average molecular weight is 278 g/mol. The Labute approximate surface area is 101 Å². The summed E-state index contributed by atoms with van der Waals surface area (Å²) >= 11 is 6.21. The molecule has 0 bridgehead atoms. The highest BCUT2D eigenvalue weighted by Gasteiger charge is 2.23. The predicted molar refractivity (Wildman–Crippen MR) is 60.9 cm³/mol. The van der Waals surface area contributed by atoms with Crippen LogP contribution in [0.5, 0.6) is 0 Å². The van der Waals surface area contributed by atoms with Crippen molar-refractivity contribution in [2.24, 2.45) is 0 Å². The van der Waals surface area contributed by atoms with Gasteiger partial charge in [-0.3, -0.25) is 0 Å². The topological polar surface area (TPSA) is 47.0 Å². The van der Waals surface area contributed by atoms with E-state index in [0.717, 1.165) is 0 Å². The van der Waals surface area contributed by atoms with E-state index in [1.807, 2.05) is 0 Å². The fraction of sp³-hybridized carbons (Fsp3) is 0. The van der Waals surface area contributed by atoms with Gasteiger partial charge in [-0.2, -0.15) is 8.42 Å². The first-order chi connectivity index (χ1) is 7.48. The molecule has 0 aliphatic heterocycles. The van der Waals surface area contributed by atoms with E-state index in [1.165, 1.54) is 0 Å². The van der Waals surface area contributed by atoms with Crippen LogP contribution in [0.3, 0.4) is 0 Å². The van der Waals surface area contributed by atoms with E-state index in [0.29, 0.717) is 16.9 Å². The van der Waals surface area contributed by atoms with Crippen molar-refractivity contribution in [3.8, 4) is 11.3 Å². The van der Waals surface area contributed by atoms with Crippen LogP contribution in [0, 0.1) is 0 Å². The summed E-state index contributed by atoms with van der Waals surface area (Å²) in [5.74, 6) is 0. The second-order valence-electron chi connectivity index (χ2n) is 2.91. The van der Waals surface area contributed by atoms with Crippen LogP contribution in [0.15, 0.2) is 34.5 Å². The number of benzene rings is 1. The largest absolute Gasteiger partial charge is 0.343 e. The van der Waals surface area contributed by atoms with Gasteiger partial charge in [0.25, 0.3) is 0 Å². The van der Waals surface area contributed by atoms with Crippen LogP contribution in [-0.2, 0) is 10.2 Å². The molecule has 0 fully saturated rings. The zero-order valence-corrected chi connectivity index (χ0v) is 10.1. The van der Waals surface area contributed by atoms with Crippen molar-refractivity contribution < 1.29 is 12.3 Å². The van der Waals surface area contributed by atoms with Gasteiger partial charge in [-0.15, -0.1) is 0 Å². The predicted octanol–water partition coefficient (Wildman–Crippen LogP) is 3.12. The number of aromatic nitrogens is 1. The lowest BCUT2D eigenvalue weighted by Crippen LogP contribution is -1.91. The Hall–Kier alpha value is -0.980. The molecule has 0 saturated heterocycles. The molecule has 0 aliphatic carbocycles. The summed E-state index contributed by atoms with van der Waals surface area (Å²) in [6, 6.07) is 8.45. The summed E-state index contributed by atoms with van der Waals surface area (Å²) in [5.41, 5.74) is 0.569. The van der Waals surface area contributed by atoms with Crippen molar-refractivity contribution in [1.29, 1.82) is 0 Å². The lowest BCUT2D eigenvalue weighted by molar-refractivity contribution is 0.554. The van der Waals surface area contributed by atoms with Crippen molar-refractivity contribution in [3.05, 3.63) is 34.8 Å². The maximum absolute atomic E-state index is 13.0. The highest BCUT2D eigenvalue weighted by Crippen LogP contribution is 2.35. The van der Waals surface area contributed by atoms with Gasteiger partial charge >= 0.3 is 10.2 Å². The second kappa shape index (κ2) is 4.12. The summed E-state index contributed by atoms with van der Waals surface area (Å²) in [6.07, 6.45) is 0. The minimum absolute atomic E-state index is 0.00456. The summed E-state index contributed by atoms with van der Waals surface area (Å²) in [7, 11) is -4.79. The van der Waals surface area contributed by atoms with Crippen LogP contribution in [0.1, 0.15) is 0 Å². The van der Waals surface area contributed by atoms with Crippen molar-refractivity contribution in [1.82, 2.24) is 4.98 Å². The molecule has 0 unspecified atom stereocenters.